The van der Waals surface area contributed by atoms with E-state index in [1.54, 1.807) is 21.3 Å². The number of urea groups is 1. The Balaban J connectivity index is 1.32. The van der Waals surface area contributed by atoms with Crippen LogP contribution in [0.5, 0.6) is 5.75 Å². The number of benzene rings is 1. The van der Waals surface area contributed by atoms with Gasteiger partial charge in [-0.15, -0.1) is 0 Å². The number of nitrogens with one attached hydrogen (secondary N) is 1. The van der Waals surface area contributed by atoms with Gasteiger partial charge >= 0.3 is 11.7 Å². The lowest BCUT2D eigenvalue weighted by Gasteiger charge is -2.27. The van der Waals surface area contributed by atoms with Crippen LogP contribution in [0.15, 0.2) is 29.1 Å². The number of amides is 2. The Kier molecular flexibility index (Phi) is 5.60. The number of fused-ring (bicyclic) bond motifs is 1. The Morgan fingerprint density at radius 2 is 2.00 bits per heavy atom. The summed E-state index contributed by atoms with van der Waals surface area (Å²) >= 11 is 0. The molecule has 156 valence electrons. The summed E-state index contributed by atoms with van der Waals surface area (Å²) in [5.41, 5.74) is 1.02. The molecule has 1 aromatic heterocycles. The van der Waals surface area contributed by atoms with Gasteiger partial charge in [0.25, 0.3) is 0 Å². The van der Waals surface area contributed by atoms with Crippen molar-refractivity contribution in [1.82, 2.24) is 24.6 Å². The van der Waals surface area contributed by atoms with E-state index >= 15 is 0 Å². The molecule has 8 heteroatoms. The number of hydrogen-bond donors (Lipinski definition) is 1. The predicted octanol–water partition coefficient (Wildman–Crippen LogP) is 2.01. The third-order valence-electron chi connectivity index (χ3n) is 5.99. The maximum absolute atomic E-state index is 12.6. The van der Waals surface area contributed by atoms with Crippen molar-refractivity contribution in [2.75, 3.05) is 14.2 Å². The summed E-state index contributed by atoms with van der Waals surface area (Å²) in [6, 6.07) is 7.63. The van der Waals surface area contributed by atoms with E-state index < -0.39 is 0 Å². The van der Waals surface area contributed by atoms with Gasteiger partial charge in [0.15, 0.2) is 0 Å². The topological polar surface area (TPSA) is 81.4 Å². The monoisotopic (exact) mass is 399 g/mol. The highest BCUT2D eigenvalue weighted by Crippen LogP contribution is 2.30. The Morgan fingerprint density at radius 3 is 2.69 bits per heavy atom. The van der Waals surface area contributed by atoms with Gasteiger partial charge in [-0.1, -0.05) is 12.1 Å². The zero-order valence-electron chi connectivity index (χ0n) is 17.1. The molecule has 8 nitrogen and oxygen atoms in total. The quantitative estimate of drug-likeness (QED) is 0.806. The van der Waals surface area contributed by atoms with Crippen molar-refractivity contribution in [3.05, 3.63) is 46.1 Å². The first kappa shape index (κ1) is 19.5. The number of rotatable bonds is 6. The molecule has 4 rings (SSSR count). The van der Waals surface area contributed by atoms with Crippen LogP contribution in [0.4, 0.5) is 4.79 Å². The number of hydrogen-bond acceptors (Lipinski definition) is 4. The maximum atomic E-state index is 12.6. The second-order valence-electron chi connectivity index (χ2n) is 8.07. The van der Waals surface area contributed by atoms with E-state index in [0.717, 1.165) is 36.5 Å². The van der Waals surface area contributed by atoms with Gasteiger partial charge in [0.1, 0.15) is 11.6 Å². The standard InChI is InChI=1S/C21H29N5O3/c1-24(20(27)22-13-15-5-8-18(29-2)9-6-15)17-7-10-19-23-26(14-16-3-4-16)21(28)25(19)12-11-17/h5-6,8-9,16-17H,3-4,7,10-14H2,1-2H3,(H,22,27). The minimum Gasteiger partial charge on any atom is -0.497 e. The van der Waals surface area contributed by atoms with Gasteiger partial charge in [-0.25, -0.2) is 14.3 Å². The number of methoxy groups -OCH3 is 1. The van der Waals surface area contributed by atoms with E-state index in [1.165, 1.54) is 12.8 Å². The summed E-state index contributed by atoms with van der Waals surface area (Å²) in [5.74, 6) is 2.27. The number of carbonyl (C=O) groups is 1. The first-order valence-electron chi connectivity index (χ1n) is 10.3. The molecule has 2 aromatic rings. The molecule has 1 fully saturated rings. The molecule has 1 unspecified atom stereocenters. The van der Waals surface area contributed by atoms with Crippen molar-refractivity contribution >= 4 is 6.03 Å². The molecular formula is C21H29N5O3. The van der Waals surface area contributed by atoms with Gasteiger partial charge in [-0.05, 0) is 49.3 Å². The van der Waals surface area contributed by atoms with E-state index in [9.17, 15) is 9.59 Å². The van der Waals surface area contributed by atoms with Crippen molar-refractivity contribution < 1.29 is 9.53 Å². The van der Waals surface area contributed by atoms with Crippen LogP contribution in [0.25, 0.3) is 0 Å². The predicted molar refractivity (Wildman–Crippen MR) is 109 cm³/mol. The number of aromatic nitrogens is 3. The van der Waals surface area contributed by atoms with Crippen molar-refractivity contribution in [3.63, 3.8) is 0 Å². The summed E-state index contributed by atoms with van der Waals surface area (Å²) in [4.78, 5) is 27.0. The van der Waals surface area contributed by atoms with E-state index in [2.05, 4.69) is 10.4 Å². The van der Waals surface area contributed by atoms with Gasteiger partial charge in [0.05, 0.1) is 7.11 Å². The summed E-state index contributed by atoms with van der Waals surface area (Å²) in [6.07, 6.45) is 4.69. The lowest BCUT2D eigenvalue weighted by atomic mass is 10.1. The van der Waals surface area contributed by atoms with Crippen LogP contribution in [0, 0.1) is 5.92 Å². The van der Waals surface area contributed by atoms with Gasteiger partial charge in [0.2, 0.25) is 0 Å². The first-order chi connectivity index (χ1) is 14.0. The Morgan fingerprint density at radius 1 is 1.24 bits per heavy atom. The molecule has 1 N–H and O–H groups in total. The van der Waals surface area contributed by atoms with Crippen LogP contribution in [0.1, 0.15) is 37.1 Å². The van der Waals surface area contributed by atoms with Crippen LogP contribution < -0.4 is 15.7 Å². The van der Waals surface area contributed by atoms with Gasteiger partial charge in [-0.2, -0.15) is 5.10 Å². The molecule has 29 heavy (non-hydrogen) atoms. The Bertz CT molecular complexity index is 913. The third-order valence-corrected chi connectivity index (χ3v) is 5.99. The van der Waals surface area contributed by atoms with E-state index in [0.29, 0.717) is 25.4 Å². The highest BCUT2D eigenvalue weighted by molar-refractivity contribution is 5.74. The lowest BCUT2D eigenvalue weighted by molar-refractivity contribution is 0.182. The fraction of sp³-hybridized carbons (Fsp3) is 0.571. The molecule has 1 aliphatic carbocycles. The van der Waals surface area contributed by atoms with Crippen LogP contribution >= 0.6 is 0 Å². The van der Waals surface area contributed by atoms with Crippen LogP contribution in [0.3, 0.4) is 0 Å². The molecule has 1 atom stereocenters. The van der Waals surface area contributed by atoms with E-state index in [-0.39, 0.29) is 17.8 Å². The van der Waals surface area contributed by atoms with Crippen molar-refractivity contribution in [2.24, 2.45) is 5.92 Å². The molecule has 0 spiro atoms. The normalized spacial score (nSPS) is 18.6. The Hall–Kier alpha value is -2.77. The smallest absolute Gasteiger partial charge is 0.345 e. The molecule has 1 saturated carbocycles. The molecule has 2 amide bonds. The van der Waals surface area contributed by atoms with E-state index in [4.69, 9.17) is 4.74 Å². The zero-order chi connectivity index (χ0) is 20.4. The highest BCUT2D eigenvalue weighted by atomic mass is 16.5. The number of carbonyl (C=O) groups excluding carboxylic acids is 1. The average Bonchev–Trinajstić information content (AvgIpc) is 3.54. The van der Waals surface area contributed by atoms with Gasteiger partial charge in [0, 0.05) is 39.1 Å². The molecule has 0 bridgehead atoms. The number of ether oxygens (including phenoxy) is 1. The SMILES string of the molecule is COc1ccc(CNC(=O)N(C)C2CCc3nn(CC4CC4)c(=O)n3CC2)cc1. The second-order valence-corrected chi connectivity index (χ2v) is 8.07. The van der Waals surface area contributed by atoms with Crippen molar-refractivity contribution in [2.45, 2.75) is 57.8 Å². The van der Waals surface area contributed by atoms with E-state index in [1.807, 2.05) is 31.3 Å². The molecule has 2 heterocycles. The summed E-state index contributed by atoms with van der Waals surface area (Å²) in [7, 11) is 3.46. The minimum atomic E-state index is -0.100. The first-order valence-corrected chi connectivity index (χ1v) is 10.3. The molecule has 1 aromatic carbocycles. The number of aryl methyl sites for hydroxylation is 1. The van der Waals surface area contributed by atoms with Crippen LogP contribution in [0.2, 0.25) is 0 Å². The molecular weight excluding hydrogens is 370 g/mol. The highest BCUT2D eigenvalue weighted by Gasteiger charge is 2.28. The lowest BCUT2D eigenvalue weighted by Crippen LogP contribution is -2.43. The van der Waals surface area contributed by atoms with Crippen LogP contribution in [-0.4, -0.2) is 45.5 Å². The molecule has 0 radical (unpaired) electrons. The largest absolute Gasteiger partial charge is 0.497 e. The van der Waals surface area contributed by atoms with Gasteiger partial charge in [-0.3, -0.25) is 4.57 Å². The third kappa shape index (κ3) is 4.46. The minimum absolute atomic E-state index is 0.000777. The fourth-order valence-corrected chi connectivity index (χ4v) is 3.88. The number of nitrogens with zero attached hydrogens (tertiary/aromatic N) is 4. The maximum Gasteiger partial charge on any atom is 0.345 e. The molecule has 0 saturated heterocycles. The fourth-order valence-electron chi connectivity index (χ4n) is 3.88. The molecule has 1 aliphatic heterocycles. The van der Waals surface area contributed by atoms with Crippen molar-refractivity contribution in [3.8, 4) is 5.75 Å². The average molecular weight is 399 g/mol. The summed E-state index contributed by atoms with van der Waals surface area (Å²) in [5, 5.41) is 7.53. The van der Waals surface area contributed by atoms with Gasteiger partial charge < -0.3 is 15.0 Å². The summed E-state index contributed by atoms with van der Waals surface area (Å²) < 4.78 is 8.59. The summed E-state index contributed by atoms with van der Waals surface area (Å²) in [6.45, 7) is 1.82. The van der Waals surface area contributed by atoms with Crippen molar-refractivity contribution in [1.29, 1.82) is 0 Å². The Labute approximate surface area is 170 Å². The second kappa shape index (κ2) is 8.31. The molecule has 2 aliphatic rings. The zero-order valence-corrected chi connectivity index (χ0v) is 17.1. The van der Waals surface area contributed by atoms with Crippen LogP contribution in [-0.2, 0) is 26.1 Å².